The van der Waals surface area contributed by atoms with Gasteiger partial charge in [-0.3, -0.25) is 4.57 Å². The van der Waals surface area contributed by atoms with Crippen LogP contribution in [0.1, 0.15) is 42.6 Å². The maximum Gasteiger partial charge on any atom is 0.407 e. The summed E-state index contributed by atoms with van der Waals surface area (Å²) in [5.41, 5.74) is 1.99. The summed E-state index contributed by atoms with van der Waals surface area (Å²) in [6.07, 6.45) is -0.355. The molecule has 9 nitrogen and oxygen atoms in total. The summed E-state index contributed by atoms with van der Waals surface area (Å²) in [5, 5.41) is 15.0. The molecule has 0 fully saturated rings. The number of thiophene rings is 1. The molecule has 33 heavy (non-hydrogen) atoms. The Hall–Kier alpha value is -3.40. The van der Waals surface area contributed by atoms with Gasteiger partial charge in [0.1, 0.15) is 10.6 Å². The van der Waals surface area contributed by atoms with Gasteiger partial charge in [-0.1, -0.05) is 32.9 Å². The second-order valence-electron chi connectivity index (χ2n) is 9.28. The standard InChI is InChI=1S/C23H25N5O4S/c1-23(2,3)20-24-18-17-15-9-10-26(22(30)31)12-16(15)33-19(17)27(21(29)28(18)25-20)11-13-5-7-14(32-4)8-6-13/h5-8H,9-12H2,1-4H3,(H,30,31). The van der Waals surface area contributed by atoms with E-state index in [0.29, 0.717) is 37.5 Å². The van der Waals surface area contributed by atoms with Crippen molar-refractivity contribution in [2.45, 2.75) is 45.7 Å². The highest BCUT2D eigenvalue weighted by Crippen LogP contribution is 2.37. The molecule has 1 aliphatic heterocycles. The van der Waals surface area contributed by atoms with Gasteiger partial charge in [-0.15, -0.1) is 16.4 Å². The number of rotatable bonds is 3. The van der Waals surface area contributed by atoms with E-state index in [-0.39, 0.29) is 11.1 Å². The quantitative estimate of drug-likeness (QED) is 0.495. The van der Waals surface area contributed by atoms with Crippen LogP contribution in [0.25, 0.3) is 15.9 Å². The van der Waals surface area contributed by atoms with Gasteiger partial charge in [-0.25, -0.2) is 14.6 Å². The molecule has 0 unspecified atom stereocenters. The van der Waals surface area contributed by atoms with Crippen molar-refractivity contribution in [2.24, 2.45) is 0 Å². The number of nitrogens with zero attached hydrogens (tertiary/aromatic N) is 5. The molecule has 4 aromatic rings. The van der Waals surface area contributed by atoms with Crippen molar-refractivity contribution in [3.63, 3.8) is 0 Å². The summed E-state index contributed by atoms with van der Waals surface area (Å²) in [7, 11) is 1.62. The monoisotopic (exact) mass is 467 g/mol. The number of carboxylic acid groups (broad SMARTS) is 1. The lowest BCUT2D eigenvalue weighted by molar-refractivity contribution is 0.140. The fourth-order valence-corrected chi connectivity index (χ4v) is 5.50. The first-order valence-corrected chi connectivity index (χ1v) is 11.5. The van der Waals surface area contributed by atoms with Gasteiger partial charge >= 0.3 is 11.8 Å². The van der Waals surface area contributed by atoms with Gasteiger partial charge in [0.05, 0.1) is 25.6 Å². The summed E-state index contributed by atoms with van der Waals surface area (Å²) in [5.74, 6) is 1.35. The molecule has 3 aromatic heterocycles. The lowest BCUT2D eigenvalue weighted by atomic mass is 9.96. The van der Waals surface area contributed by atoms with Crippen LogP contribution in [0.4, 0.5) is 4.79 Å². The molecule has 1 aromatic carbocycles. The molecule has 4 heterocycles. The number of benzene rings is 1. The SMILES string of the molecule is COc1ccc(Cn2c(=O)n3nc(C(C)(C)C)nc3c3c4c(sc32)CN(C(=O)O)CC4)cc1. The number of amides is 1. The van der Waals surface area contributed by atoms with Crippen molar-refractivity contribution in [1.29, 1.82) is 0 Å². The average Bonchev–Trinajstić information content (AvgIpc) is 3.38. The molecule has 1 amide bonds. The van der Waals surface area contributed by atoms with Gasteiger partial charge in [-0.2, -0.15) is 4.52 Å². The third-order valence-electron chi connectivity index (χ3n) is 5.97. The fourth-order valence-electron chi connectivity index (χ4n) is 4.15. The van der Waals surface area contributed by atoms with E-state index in [1.807, 2.05) is 45.0 Å². The Morgan fingerprint density at radius 2 is 1.97 bits per heavy atom. The van der Waals surface area contributed by atoms with Gasteiger partial charge in [0.2, 0.25) is 0 Å². The fraction of sp³-hybridized carbons (Fsp3) is 0.391. The summed E-state index contributed by atoms with van der Waals surface area (Å²) in [6, 6.07) is 7.60. The van der Waals surface area contributed by atoms with Crippen LogP contribution in [0.15, 0.2) is 29.1 Å². The van der Waals surface area contributed by atoms with Crippen molar-refractivity contribution < 1.29 is 14.6 Å². The minimum atomic E-state index is -0.934. The van der Waals surface area contributed by atoms with E-state index in [2.05, 4.69) is 5.10 Å². The Kier molecular flexibility index (Phi) is 4.93. The largest absolute Gasteiger partial charge is 0.497 e. The predicted octanol–water partition coefficient (Wildman–Crippen LogP) is 3.50. The number of hydrogen-bond donors (Lipinski definition) is 1. The van der Waals surface area contributed by atoms with Gasteiger partial charge in [0.25, 0.3) is 0 Å². The number of fused-ring (bicyclic) bond motifs is 5. The number of methoxy groups -OCH3 is 1. The van der Waals surface area contributed by atoms with Crippen LogP contribution in [0.5, 0.6) is 5.75 Å². The van der Waals surface area contributed by atoms with Crippen LogP contribution in [-0.4, -0.2) is 48.9 Å². The first-order valence-electron chi connectivity index (χ1n) is 10.7. The second kappa shape index (κ2) is 7.58. The molecule has 0 atom stereocenters. The van der Waals surface area contributed by atoms with Crippen molar-refractivity contribution in [3.8, 4) is 5.75 Å². The zero-order chi connectivity index (χ0) is 23.5. The topological polar surface area (TPSA) is 102 Å². The van der Waals surface area contributed by atoms with E-state index in [9.17, 15) is 14.7 Å². The molecule has 0 saturated heterocycles. The second-order valence-corrected chi connectivity index (χ2v) is 10.4. The molecule has 172 valence electrons. The molecular weight excluding hydrogens is 442 g/mol. The van der Waals surface area contributed by atoms with E-state index >= 15 is 0 Å². The van der Waals surface area contributed by atoms with Gasteiger partial charge in [-0.05, 0) is 29.7 Å². The minimum absolute atomic E-state index is 0.259. The Bertz CT molecular complexity index is 1440. The maximum atomic E-state index is 13.6. The van der Waals surface area contributed by atoms with Crippen LogP contribution >= 0.6 is 11.3 Å². The Morgan fingerprint density at radius 1 is 1.24 bits per heavy atom. The molecule has 0 radical (unpaired) electrons. The molecular formula is C23H25N5O4S. The zero-order valence-corrected chi connectivity index (χ0v) is 19.8. The third kappa shape index (κ3) is 3.54. The van der Waals surface area contributed by atoms with Crippen LogP contribution in [-0.2, 0) is 24.9 Å². The van der Waals surface area contributed by atoms with E-state index in [1.54, 1.807) is 11.7 Å². The highest BCUT2D eigenvalue weighted by molar-refractivity contribution is 7.19. The average molecular weight is 468 g/mol. The zero-order valence-electron chi connectivity index (χ0n) is 19.0. The molecule has 0 bridgehead atoms. The molecule has 0 saturated carbocycles. The molecule has 0 aliphatic carbocycles. The van der Waals surface area contributed by atoms with Crippen LogP contribution in [0.3, 0.4) is 0 Å². The highest BCUT2D eigenvalue weighted by atomic mass is 32.1. The van der Waals surface area contributed by atoms with Crippen molar-refractivity contribution >= 4 is 33.3 Å². The third-order valence-corrected chi connectivity index (χ3v) is 7.21. The van der Waals surface area contributed by atoms with Crippen LogP contribution < -0.4 is 10.4 Å². The molecule has 1 N–H and O–H groups in total. The summed E-state index contributed by atoms with van der Waals surface area (Å²) >= 11 is 1.47. The number of aromatic nitrogens is 4. The smallest absolute Gasteiger partial charge is 0.407 e. The van der Waals surface area contributed by atoms with Crippen molar-refractivity contribution in [1.82, 2.24) is 24.1 Å². The molecule has 10 heteroatoms. The summed E-state index contributed by atoms with van der Waals surface area (Å²) in [4.78, 5) is 33.1. The normalized spacial score (nSPS) is 14.1. The molecule has 0 spiro atoms. The first-order chi connectivity index (χ1) is 15.7. The first kappa shape index (κ1) is 21.4. The van der Waals surface area contributed by atoms with E-state index in [1.165, 1.54) is 20.8 Å². The number of carbonyl (C=O) groups is 1. The molecule has 5 rings (SSSR count). The minimum Gasteiger partial charge on any atom is -0.497 e. The van der Waals surface area contributed by atoms with E-state index < -0.39 is 6.09 Å². The van der Waals surface area contributed by atoms with E-state index in [0.717, 1.165) is 32.0 Å². The van der Waals surface area contributed by atoms with Crippen LogP contribution in [0, 0.1) is 0 Å². The highest BCUT2D eigenvalue weighted by Gasteiger charge is 2.29. The summed E-state index contributed by atoms with van der Waals surface area (Å²) < 4.78 is 8.38. The molecule has 1 aliphatic rings. The van der Waals surface area contributed by atoms with E-state index in [4.69, 9.17) is 9.72 Å². The maximum absolute atomic E-state index is 13.6. The van der Waals surface area contributed by atoms with Crippen LogP contribution in [0.2, 0.25) is 0 Å². The van der Waals surface area contributed by atoms with Crippen molar-refractivity contribution in [3.05, 3.63) is 56.6 Å². The number of ether oxygens (including phenoxy) is 1. The number of hydrogen-bond acceptors (Lipinski definition) is 6. The lowest BCUT2D eigenvalue weighted by Crippen LogP contribution is -2.34. The van der Waals surface area contributed by atoms with Gasteiger partial charge in [0, 0.05) is 16.8 Å². The van der Waals surface area contributed by atoms with Gasteiger partial charge < -0.3 is 14.7 Å². The Labute approximate surface area is 193 Å². The Balaban J connectivity index is 1.76. The van der Waals surface area contributed by atoms with Crippen molar-refractivity contribution in [2.75, 3.05) is 13.7 Å². The lowest BCUT2D eigenvalue weighted by Gasteiger charge is -2.23. The summed E-state index contributed by atoms with van der Waals surface area (Å²) in [6.45, 7) is 7.14. The Morgan fingerprint density at radius 3 is 2.61 bits per heavy atom. The predicted molar refractivity (Wildman–Crippen MR) is 126 cm³/mol. The van der Waals surface area contributed by atoms with Gasteiger partial charge in [0.15, 0.2) is 11.5 Å².